The summed E-state index contributed by atoms with van der Waals surface area (Å²) in [4.78, 5) is 28.4. The molecule has 0 bridgehead atoms. The van der Waals surface area contributed by atoms with Crippen LogP contribution in [0.15, 0.2) is 53.3 Å². The van der Waals surface area contributed by atoms with Crippen molar-refractivity contribution in [3.05, 3.63) is 92.6 Å². The molecule has 4 aromatic rings. The van der Waals surface area contributed by atoms with Gasteiger partial charge >= 0.3 is 0 Å². The number of amides is 1. The highest BCUT2D eigenvalue weighted by Crippen LogP contribution is 2.20. The summed E-state index contributed by atoms with van der Waals surface area (Å²) >= 11 is 0. The lowest BCUT2D eigenvalue weighted by molar-refractivity contribution is 0.0939. The first-order chi connectivity index (χ1) is 14.7. The van der Waals surface area contributed by atoms with E-state index in [2.05, 4.69) is 15.4 Å². The Hall–Kier alpha value is -3.74. The molecule has 2 aromatic carbocycles. The highest BCUT2D eigenvalue weighted by Gasteiger charge is 2.19. The molecule has 2 N–H and O–H groups in total. The molecule has 1 amide bonds. The molecule has 0 aliphatic rings. The zero-order chi connectivity index (χ0) is 22.3. The van der Waals surface area contributed by atoms with Gasteiger partial charge in [0, 0.05) is 5.56 Å². The number of halogens is 1. The van der Waals surface area contributed by atoms with Gasteiger partial charge in [-0.1, -0.05) is 24.3 Å². The van der Waals surface area contributed by atoms with Crippen LogP contribution in [-0.2, 0) is 0 Å². The smallest absolute Gasteiger partial charge is 0.275 e. The van der Waals surface area contributed by atoms with Crippen molar-refractivity contribution in [3.63, 3.8) is 0 Å². The lowest BCUT2D eigenvalue weighted by Gasteiger charge is -2.14. The molecule has 6 nitrogen and oxygen atoms in total. The normalized spacial score (nSPS) is 12.2. The quantitative estimate of drug-likeness (QED) is 0.520. The number of aromatic amines is 1. The number of hydrogen-bond donors (Lipinski definition) is 2. The van der Waals surface area contributed by atoms with Gasteiger partial charge in [-0.3, -0.25) is 9.59 Å². The molecule has 31 heavy (non-hydrogen) atoms. The average molecular weight is 418 g/mol. The summed E-state index contributed by atoms with van der Waals surface area (Å²) in [5.41, 5.74) is 4.73. The summed E-state index contributed by atoms with van der Waals surface area (Å²) in [5.74, 6) is -0.223. The summed E-state index contributed by atoms with van der Waals surface area (Å²) in [5, 5.41) is 7.46. The minimum Gasteiger partial charge on any atom is -0.345 e. The predicted octanol–water partition coefficient (Wildman–Crippen LogP) is 4.24. The van der Waals surface area contributed by atoms with Crippen molar-refractivity contribution in [2.45, 2.75) is 33.7 Å². The van der Waals surface area contributed by atoms with Crippen LogP contribution in [-0.4, -0.2) is 20.5 Å². The Morgan fingerprint density at radius 1 is 1.06 bits per heavy atom. The van der Waals surface area contributed by atoms with Crippen LogP contribution in [0, 0.1) is 26.6 Å². The third-order valence-electron chi connectivity index (χ3n) is 5.62. The molecule has 2 heterocycles. The second-order valence-electron chi connectivity index (χ2n) is 7.79. The lowest BCUT2D eigenvalue weighted by atomic mass is 10.1. The molecule has 0 saturated carbocycles. The number of carbonyl (C=O) groups excluding carboxylic acids is 1. The Morgan fingerprint density at radius 2 is 1.77 bits per heavy atom. The second-order valence-corrected chi connectivity index (χ2v) is 7.79. The third-order valence-corrected chi connectivity index (χ3v) is 5.62. The number of nitrogens with zero attached hydrogens (tertiary/aromatic N) is 2. The van der Waals surface area contributed by atoms with Crippen LogP contribution in [0.5, 0.6) is 0 Å². The summed E-state index contributed by atoms with van der Waals surface area (Å²) < 4.78 is 14.7. The maximum Gasteiger partial charge on any atom is 0.275 e. The zero-order valence-corrected chi connectivity index (χ0v) is 17.8. The highest BCUT2D eigenvalue weighted by molar-refractivity contribution is 5.97. The van der Waals surface area contributed by atoms with E-state index in [4.69, 9.17) is 0 Å². The molecule has 7 heteroatoms. The van der Waals surface area contributed by atoms with Gasteiger partial charge in [-0.15, -0.1) is 5.10 Å². The highest BCUT2D eigenvalue weighted by atomic mass is 19.1. The van der Waals surface area contributed by atoms with E-state index in [1.807, 2.05) is 39.0 Å². The number of aromatic nitrogens is 3. The van der Waals surface area contributed by atoms with E-state index in [0.29, 0.717) is 22.6 Å². The van der Waals surface area contributed by atoms with Gasteiger partial charge in [0.05, 0.1) is 17.3 Å². The molecule has 2 aromatic heterocycles. The van der Waals surface area contributed by atoms with Crippen LogP contribution in [0.2, 0.25) is 0 Å². The van der Waals surface area contributed by atoms with Crippen LogP contribution >= 0.6 is 0 Å². The number of carbonyl (C=O) groups is 1. The van der Waals surface area contributed by atoms with E-state index in [1.54, 1.807) is 19.1 Å². The molecule has 0 radical (unpaired) electrons. The molecule has 0 fully saturated rings. The SMILES string of the molecule is Cc1ccc(-c2nn3c(C)c(C(=O)NC(C)c4ccc(F)cc4)cc3c(=O)[nH]2)cc1C. The van der Waals surface area contributed by atoms with Gasteiger partial charge in [0.1, 0.15) is 11.3 Å². The molecule has 158 valence electrons. The van der Waals surface area contributed by atoms with Gasteiger partial charge in [-0.25, -0.2) is 8.91 Å². The Balaban J connectivity index is 1.69. The zero-order valence-electron chi connectivity index (χ0n) is 17.8. The van der Waals surface area contributed by atoms with Gasteiger partial charge in [0.2, 0.25) is 0 Å². The van der Waals surface area contributed by atoms with Crippen molar-refractivity contribution >= 4 is 11.4 Å². The molecule has 0 aliphatic carbocycles. The standard InChI is InChI=1S/C24H23FN4O2/c1-13-5-6-18(11-14(13)2)22-27-24(31)21-12-20(16(4)29(21)28-22)23(30)26-15(3)17-7-9-19(25)10-8-17/h5-12,15H,1-4H3,(H,26,30)(H,27,28,31). The molecule has 0 spiro atoms. The van der Waals surface area contributed by atoms with Crippen LogP contribution < -0.4 is 10.9 Å². The number of H-pyrrole nitrogens is 1. The summed E-state index contributed by atoms with van der Waals surface area (Å²) in [7, 11) is 0. The molecule has 0 aliphatic heterocycles. The van der Waals surface area contributed by atoms with Crippen molar-refractivity contribution in [3.8, 4) is 11.4 Å². The monoisotopic (exact) mass is 418 g/mol. The Labute approximate surface area is 178 Å². The Kier molecular flexibility index (Phi) is 5.19. The van der Waals surface area contributed by atoms with E-state index in [0.717, 1.165) is 22.3 Å². The summed E-state index contributed by atoms with van der Waals surface area (Å²) in [6, 6.07) is 13.0. The fraction of sp³-hybridized carbons (Fsp3) is 0.208. The second kappa shape index (κ2) is 7.83. The minimum absolute atomic E-state index is 0.296. The van der Waals surface area contributed by atoms with Crippen LogP contribution in [0.1, 0.15) is 45.7 Å². The maximum absolute atomic E-state index is 13.2. The first-order valence-corrected chi connectivity index (χ1v) is 10.0. The average Bonchev–Trinajstić information content (AvgIpc) is 3.08. The topological polar surface area (TPSA) is 79.3 Å². The van der Waals surface area contributed by atoms with Crippen LogP contribution in [0.25, 0.3) is 16.9 Å². The van der Waals surface area contributed by atoms with E-state index >= 15 is 0 Å². The van der Waals surface area contributed by atoms with Crippen molar-refractivity contribution in [2.75, 3.05) is 0 Å². The number of fused-ring (bicyclic) bond motifs is 1. The van der Waals surface area contributed by atoms with Crippen LogP contribution in [0.4, 0.5) is 4.39 Å². The molecule has 4 rings (SSSR count). The van der Waals surface area contributed by atoms with Gasteiger partial charge < -0.3 is 10.3 Å². The van der Waals surface area contributed by atoms with Gasteiger partial charge in [-0.05, 0) is 68.7 Å². The van der Waals surface area contributed by atoms with Crippen molar-refractivity contribution in [1.29, 1.82) is 0 Å². The fourth-order valence-electron chi connectivity index (χ4n) is 3.54. The van der Waals surface area contributed by atoms with E-state index < -0.39 is 0 Å². The molecule has 1 unspecified atom stereocenters. The van der Waals surface area contributed by atoms with Gasteiger partial charge in [-0.2, -0.15) is 0 Å². The van der Waals surface area contributed by atoms with Gasteiger partial charge in [0.25, 0.3) is 11.5 Å². The first kappa shape index (κ1) is 20.5. The predicted molar refractivity (Wildman–Crippen MR) is 118 cm³/mol. The fourth-order valence-corrected chi connectivity index (χ4v) is 3.54. The van der Waals surface area contributed by atoms with Crippen LogP contribution in [0.3, 0.4) is 0 Å². The largest absolute Gasteiger partial charge is 0.345 e. The number of benzene rings is 2. The van der Waals surface area contributed by atoms with Gasteiger partial charge in [0.15, 0.2) is 5.82 Å². The summed E-state index contributed by atoms with van der Waals surface area (Å²) in [6.07, 6.45) is 0. The first-order valence-electron chi connectivity index (χ1n) is 10.0. The van der Waals surface area contributed by atoms with Crippen molar-refractivity contribution < 1.29 is 9.18 Å². The number of nitrogens with one attached hydrogen (secondary N) is 2. The lowest BCUT2D eigenvalue weighted by Crippen LogP contribution is -2.27. The van der Waals surface area contributed by atoms with Crippen molar-refractivity contribution in [2.24, 2.45) is 0 Å². The minimum atomic E-state index is -0.332. The number of rotatable bonds is 4. The number of aryl methyl sites for hydroxylation is 3. The van der Waals surface area contributed by atoms with E-state index in [9.17, 15) is 14.0 Å². The molecule has 1 atom stereocenters. The van der Waals surface area contributed by atoms with E-state index in [-0.39, 0.29) is 23.3 Å². The third kappa shape index (κ3) is 3.86. The maximum atomic E-state index is 13.2. The summed E-state index contributed by atoms with van der Waals surface area (Å²) in [6.45, 7) is 7.59. The van der Waals surface area contributed by atoms with Crippen molar-refractivity contribution in [1.82, 2.24) is 19.9 Å². The Bertz CT molecular complexity index is 1350. The molecular weight excluding hydrogens is 395 g/mol. The molecule has 0 saturated heterocycles. The Morgan fingerprint density at radius 3 is 2.45 bits per heavy atom. The van der Waals surface area contributed by atoms with E-state index in [1.165, 1.54) is 22.7 Å². The molecular formula is C24H23FN4O2. The number of hydrogen-bond acceptors (Lipinski definition) is 3.